The smallest absolute Gasteiger partial charge is 0.148 e. The number of rotatable bonds is 7. The van der Waals surface area contributed by atoms with Crippen LogP contribution in [0.5, 0.6) is 11.5 Å². The summed E-state index contributed by atoms with van der Waals surface area (Å²) in [6, 6.07) is 21.8. The van der Waals surface area contributed by atoms with Gasteiger partial charge in [0.1, 0.15) is 30.5 Å². The summed E-state index contributed by atoms with van der Waals surface area (Å²) in [5.41, 5.74) is 4.30. The van der Waals surface area contributed by atoms with Crippen molar-refractivity contribution in [3.8, 4) is 11.5 Å². The van der Waals surface area contributed by atoms with Gasteiger partial charge in [0, 0.05) is 0 Å². The first-order valence-corrected chi connectivity index (χ1v) is 10.0. The summed E-state index contributed by atoms with van der Waals surface area (Å²) in [6.07, 6.45) is 0. The number of hydrogen-bond donors (Lipinski definition) is 0. The molecule has 3 aromatic carbocycles. The number of aromatic nitrogens is 2. The molecule has 0 radical (unpaired) electrons. The lowest BCUT2D eigenvalue weighted by atomic mass is 10.1. The highest BCUT2D eigenvalue weighted by Crippen LogP contribution is 2.24. The number of fused-ring (bicyclic) bond motifs is 1. The van der Waals surface area contributed by atoms with E-state index >= 15 is 0 Å². The second kappa shape index (κ2) is 8.58. The summed E-state index contributed by atoms with van der Waals surface area (Å²) >= 11 is 6.19. The van der Waals surface area contributed by atoms with Gasteiger partial charge in [-0.25, -0.2) is 4.98 Å². The topological polar surface area (TPSA) is 36.3 Å². The molecule has 0 spiro atoms. The molecule has 148 valence electrons. The lowest BCUT2D eigenvalue weighted by molar-refractivity contribution is 0.271. The van der Waals surface area contributed by atoms with Crippen LogP contribution in [0.1, 0.15) is 17.0 Å². The summed E-state index contributed by atoms with van der Waals surface area (Å²) in [6.45, 7) is 5.64. The minimum atomic E-state index is 0.394. The number of para-hydroxylation sites is 3. The minimum absolute atomic E-state index is 0.394. The van der Waals surface area contributed by atoms with Gasteiger partial charge in [0.2, 0.25) is 0 Å². The Bertz CT molecular complexity index is 1140. The van der Waals surface area contributed by atoms with Crippen LogP contribution < -0.4 is 9.47 Å². The number of aryl methyl sites for hydroxylation is 2. The molecule has 5 heteroatoms. The van der Waals surface area contributed by atoms with Gasteiger partial charge in [-0.3, -0.25) is 0 Å². The summed E-state index contributed by atoms with van der Waals surface area (Å²) in [7, 11) is 0. The monoisotopic (exact) mass is 406 g/mol. The van der Waals surface area contributed by atoms with Gasteiger partial charge < -0.3 is 14.0 Å². The predicted molar refractivity (Wildman–Crippen MR) is 117 cm³/mol. The van der Waals surface area contributed by atoms with Crippen molar-refractivity contribution in [3.63, 3.8) is 0 Å². The van der Waals surface area contributed by atoms with Gasteiger partial charge in [-0.1, -0.05) is 48.0 Å². The third kappa shape index (κ3) is 4.38. The highest BCUT2D eigenvalue weighted by molar-refractivity contribution is 6.32. The first-order chi connectivity index (χ1) is 14.1. The van der Waals surface area contributed by atoms with E-state index in [0.29, 0.717) is 30.5 Å². The number of hydrogen-bond acceptors (Lipinski definition) is 3. The first-order valence-electron chi connectivity index (χ1n) is 9.63. The van der Waals surface area contributed by atoms with Crippen LogP contribution in [-0.2, 0) is 13.2 Å². The molecular formula is C24H23ClN2O2. The highest BCUT2D eigenvalue weighted by atomic mass is 35.5. The van der Waals surface area contributed by atoms with Gasteiger partial charge in [0.15, 0.2) is 0 Å². The van der Waals surface area contributed by atoms with Crippen molar-refractivity contribution >= 4 is 22.6 Å². The van der Waals surface area contributed by atoms with Crippen molar-refractivity contribution in [2.24, 2.45) is 0 Å². The molecule has 0 saturated carbocycles. The maximum absolute atomic E-state index is 6.19. The average Bonchev–Trinajstić information content (AvgIpc) is 3.08. The Morgan fingerprint density at radius 1 is 0.897 bits per heavy atom. The van der Waals surface area contributed by atoms with E-state index in [9.17, 15) is 0 Å². The molecule has 4 aromatic rings. The molecule has 29 heavy (non-hydrogen) atoms. The minimum Gasteiger partial charge on any atom is -0.490 e. The van der Waals surface area contributed by atoms with Crippen LogP contribution in [-0.4, -0.2) is 16.2 Å². The van der Waals surface area contributed by atoms with Crippen LogP contribution in [0.2, 0.25) is 5.02 Å². The van der Waals surface area contributed by atoms with E-state index in [4.69, 9.17) is 26.1 Å². The maximum Gasteiger partial charge on any atom is 0.148 e. The number of nitrogens with zero attached hydrogens (tertiary/aromatic N) is 2. The van der Waals surface area contributed by atoms with Crippen LogP contribution in [0.3, 0.4) is 0 Å². The Morgan fingerprint density at radius 2 is 1.69 bits per heavy atom. The number of benzene rings is 3. The fraction of sp³-hybridized carbons (Fsp3) is 0.208. The van der Waals surface area contributed by atoms with Crippen LogP contribution in [0.15, 0.2) is 66.7 Å². The summed E-state index contributed by atoms with van der Waals surface area (Å²) in [5, 5.41) is 0.612. The van der Waals surface area contributed by atoms with Crippen molar-refractivity contribution in [1.29, 1.82) is 0 Å². The van der Waals surface area contributed by atoms with Gasteiger partial charge in [0.25, 0.3) is 0 Å². The normalized spacial score (nSPS) is 11.0. The lowest BCUT2D eigenvalue weighted by Crippen LogP contribution is -2.13. The molecule has 0 fully saturated rings. The van der Waals surface area contributed by atoms with E-state index in [1.54, 1.807) is 0 Å². The number of imidazole rings is 1. The average molecular weight is 407 g/mol. The van der Waals surface area contributed by atoms with Crippen molar-refractivity contribution in [1.82, 2.24) is 9.55 Å². The standard InChI is InChI=1S/C24H23ClN2O2/c1-17-11-12-18(2)23(15-17)29-16-24-26-20-8-4-5-9-21(20)27(24)13-14-28-22-10-6-3-7-19(22)25/h3-12,15H,13-14,16H2,1-2H3. The van der Waals surface area contributed by atoms with E-state index in [1.807, 2.05) is 42.5 Å². The highest BCUT2D eigenvalue weighted by Gasteiger charge is 2.12. The molecular weight excluding hydrogens is 384 g/mol. The largest absolute Gasteiger partial charge is 0.490 e. The Kier molecular flexibility index (Phi) is 5.72. The van der Waals surface area contributed by atoms with Gasteiger partial charge in [-0.15, -0.1) is 0 Å². The van der Waals surface area contributed by atoms with Crippen LogP contribution in [0.25, 0.3) is 11.0 Å². The van der Waals surface area contributed by atoms with Crippen molar-refractivity contribution in [2.75, 3.05) is 6.61 Å². The molecule has 4 nitrogen and oxygen atoms in total. The Morgan fingerprint density at radius 3 is 2.55 bits per heavy atom. The zero-order valence-electron chi connectivity index (χ0n) is 16.6. The predicted octanol–water partition coefficient (Wildman–Crippen LogP) is 5.96. The molecule has 4 rings (SSSR count). The van der Waals surface area contributed by atoms with Crippen LogP contribution in [0, 0.1) is 13.8 Å². The first kappa shape index (κ1) is 19.3. The van der Waals surface area contributed by atoms with Gasteiger partial charge >= 0.3 is 0 Å². The zero-order valence-corrected chi connectivity index (χ0v) is 17.3. The van der Waals surface area contributed by atoms with Crippen molar-refractivity contribution in [3.05, 3.63) is 88.7 Å². The lowest BCUT2D eigenvalue weighted by Gasteiger charge is -2.13. The van der Waals surface area contributed by atoms with Crippen molar-refractivity contribution < 1.29 is 9.47 Å². The SMILES string of the molecule is Cc1ccc(C)c(OCc2nc3ccccc3n2CCOc2ccccc2Cl)c1. The molecule has 0 aliphatic heterocycles. The van der Waals surface area contributed by atoms with Gasteiger partial charge in [-0.05, 0) is 55.3 Å². The Balaban J connectivity index is 1.54. The molecule has 0 amide bonds. The van der Waals surface area contributed by atoms with E-state index in [2.05, 4.69) is 42.7 Å². The van der Waals surface area contributed by atoms with Crippen LogP contribution in [0.4, 0.5) is 0 Å². The molecule has 0 unspecified atom stereocenters. The zero-order chi connectivity index (χ0) is 20.2. The van der Waals surface area contributed by atoms with E-state index in [-0.39, 0.29) is 0 Å². The quantitative estimate of drug-likeness (QED) is 0.379. The second-order valence-electron chi connectivity index (χ2n) is 7.00. The van der Waals surface area contributed by atoms with Gasteiger partial charge in [0.05, 0.1) is 22.6 Å². The number of ether oxygens (including phenoxy) is 2. The van der Waals surface area contributed by atoms with Crippen molar-refractivity contribution in [2.45, 2.75) is 27.0 Å². The molecule has 0 N–H and O–H groups in total. The molecule has 0 bridgehead atoms. The molecule has 1 aromatic heterocycles. The van der Waals surface area contributed by atoms with E-state index in [0.717, 1.165) is 28.2 Å². The fourth-order valence-corrected chi connectivity index (χ4v) is 3.49. The Labute approximate surface area is 175 Å². The molecule has 0 atom stereocenters. The third-order valence-electron chi connectivity index (χ3n) is 4.84. The molecule has 0 aliphatic rings. The summed E-state index contributed by atoms with van der Waals surface area (Å²) in [5.74, 6) is 2.44. The maximum atomic E-state index is 6.19. The third-order valence-corrected chi connectivity index (χ3v) is 5.16. The molecule has 1 heterocycles. The van der Waals surface area contributed by atoms with Crippen LogP contribution >= 0.6 is 11.6 Å². The van der Waals surface area contributed by atoms with E-state index in [1.165, 1.54) is 5.56 Å². The molecule has 0 saturated heterocycles. The second-order valence-corrected chi connectivity index (χ2v) is 7.41. The molecule has 0 aliphatic carbocycles. The summed E-state index contributed by atoms with van der Waals surface area (Å²) < 4.78 is 14.2. The summed E-state index contributed by atoms with van der Waals surface area (Å²) in [4.78, 5) is 4.78. The fourth-order valence-electron chi connectivity index (χ4n) is 3.30. The number of halogens is 1. The Hall–Kier alpha value is -2.98. The van der Waals surface area contributed by atoms with E-state index < -0.39 is 0 Å². The van der Waals surface area contributed by atoms with Gasteiger partial charge in [-0.2, -0.15) is 0 Å².